The standard InChI is InChI=1S/C22H23N5O3S/c1-15-13-18(31-22-23-8-2-9-24-22)3-4-19(15)26-21(29)25-17-5-10-27(11-6-17)20(28)16-7-12-30-14-16/h2-4,7-9,12-14,17H,5-6,10-11H2,1H3,(H2,25,26,29). The van der Waals surface area contributed by atoms with E-state index in [2.05, 4.69) is 20.6 Å². The van der Waals surface area contributed by atoms with Gasteiger partial charge in [-0.3, -0.25) is 4.79 Å². The van der Waals surface area contributed by atoms with Crippen LogP contribution in [0.4, 0.5) is 10.5 Å². The molecule has 4 rings (SSSR count). The zero-order valence-electron chi connectivity index (χ0n) is 17.1. The van der Waals surface area contributed by atoms with Gasteiger partial charge in [0.15, 0.2) is 5.16 Å². The van der Waals surface area contributed by atoms with Crippen molar-refractivity contribution in [2.45, 2.75) is 35.9 Å². The third kappa shape index (κ3) is 5.43. The summed E-state index contributed by atoms with van der Waals surface area (Å²) in [7, 11) is 0. The first-order valence-electron chi connectivity index (χ1n) is 10.0. The summed E-state index contributed by atoms with van der Waals surface area (Å²) in [5, 5.41) is 6.61. The normalized spacial score (nSPS) is 14.3. The van der Waals surface area contributed by atoms with Crippen molar-refractivity contribution in [3.05, 3.63) is 66.4 Å². The molecule has 3 aromatic rings. The molecule has 31 heavy (non-hydrogen) atoms. The Hall–Kier alpha value is -3.33. The summed E-state index contributed by atoms with van der Waals surface area (Å²) in [6.45, 7) is 3.15. The Balaban J connectivity index is 1.27. The summed E-state index contributed by atoms with van der Waals surface area (Å²) in [4.78, 5) is 36.1. The number of hydrogen-bond donors (Lipinski definition) is 2. The SMILES string of the molecule is Cc1cc(Sc2ncccn2)ccc1NC(=O)NC1CCN(C(=O)c2ccoc2)CC1. The first kappa shape index (κ1) is 20.9. The molecule has 0 saturated carbocycles. The lowest BCUT2D eigenvalue weighted by Crippen LogP contribution is -2.47. The van der Waals surface area contributed by atoms with E-state index in [1.165, 1.54) is 24.3 Å². The fourth-order valence-corrected chi connectivity index (χ4v) is 4.23. The van der Waals surface area contributed by atoms with Crippen LogP contribution in [0.2, 0.25) is 0 Å². The number of aryl methyl sites for hydroxylation is 1. The molecule has 3 amide bonds. The van der Waals surface area contributed by atoms with Gasteiger partial charge in [0.05, 0.1) is 11.8 Å². The number of furan rings is 1. The maximum atomic E-state index is 12.5. The highest BCUT2D eigenvalue weighted by Crippen LogP contribution is 2.28. The number of hydrogen-bond acceptors (Lipinski definition) is 6. The van der Waals surface area contributed by atoms with Gasteiger partial charge in [0, 0.05) is 42.1 Å². The summed E-state index contributed by atoms with van der Waals surface area (Å²) < 4.78 is 4.98. The molecule has 0 spiro atoms. The van der Waals surface area contributed by atoms with Gasteiger partial charge in [-0.15, -0.1) is 0 Å². The van der Waals surface area contributed by atoms with Crippen LogP contribution in [0.1, 0.15) is 28.8 Å². The maximum Gasteiger partial charge on any atom is 0.319 e. The second-order valence-electron chi connectivity index (χ2n) is 7.29. The minimum Gasteiger partial charge on any atom is -0.472 e. The Morgan fingerprint density at radius 1 is 1.16 bits per heavy atom. The van der Waals surface area contributed by atoms with E-state index in [0.717, 1.165) is 16.1 Å². The van der Waals surface area contributed by atoms with Crippen LogP contribution in [0.5, 0.6) is 0 Å². The van der Waals surface area contributed by atoms with Gasteiger partial charge in [-0.25, -0.2) is 14.8 Å². The Bertz CT molecular complexity index is 1030. The van der Waals surface area contributed by atoms with Crippen molar-refractivity contribution in [2.24, 2.45) is 0 Å². The summed E-state index contributed by atoms with van der Waals surface area (Å²) in [5.74, 6) is -0.0360. The van der Waals surface area contributed by atoms with Crippen LogP contribution in [0, 0.1) is 6.92 Å². The van der Waals surface area contributed by atoms with Crippen molar-refractivity contribution in [1.82, 2.24) is 20.2 Å². The van der Waals surface area contributed by atoms with Gasteiger partial charge in [-0.1, -0.05) is 0 Å². The number of nitrogens with zero attached hydrogens (tertiary/aromatic N) is 3. The van der Waals surface area contributed by atoms with E-state index in [-0.39, 0.29) is 18.0 Å². The quantitative estimate of drug-likeness (QED) is 0.586. The minimum absolute atomic E-state index is 0.0266. The number of nitrogens with one attached hydrogen (secondary N) is 2. The van der Waals surface area contributed by atoms with Gasteiger partial charge in [0.2, 0.25) is 0 Å². The third-order valence-electron chi connectivity index (χ3n) is 5.08. The zero-order chi connectivity index (χ0) is 21.6. The van der Waals surface area contributed by atoms with E-state index in [9.17, 15) is 9.59 Å². The Morgan fingerprint density at radius 2 is 1.94 bits per heavy atom. The molecule has 1 aliphatic heterocycles. The van der Waals surface area contributed by atoms with Crippen molar-refractivity contribution in [3.63, 3.8) is 0 Å². The van der Waals surface area contributed by atoms with Crippen LogP contribution in [-0.4, -0.2) is 45.9 Å². The highest BCUT2D eigenvalue weighted by atomic mass is 32.2. The predicted molar refractivity (Wildman–Crippen MR) is 117 cm³/mol. The second kappa shape index (κ2) is 9.65. The van der Waals surface area contributed by atoms with Crippen LogP contribution in [0.25, 0.3) is 0 Å². The predicted octanol–water partition coefficient (Wildman–Crippen LogP) is 3.96. The fourth-order valence-electron chi connectivity index (χ4n) is 3.42. The van der Waals surface area contributed by atoms with E-state index in [1.807, 2.05) is 25.1 Å². The van der Waals surface area contributed by atoms with Crippen molar-refractivity contribution in [2.75, 3.05) is 18.4 Å². The first-order valence-corrected chi connectivity index (χ1v) is 10.8. The summed E-state index contributed by atoms with van der Waals surface area (Å²) >= 11 is 1.47. The molecule has 8 nitrogen and oxygen atoms in total. The average molecular weight is 438 g/mol. The first-order chi connectivity index (χ1) is 15.1. The molecular formula is C22H23N5O3S. The summed E-state index contributed by atoms with van der Waals surface area (Å²) in [5.41, 5.74) is 2.26. The molecule has 2 N–H and O–H groups in total. The number of piperidine rings is 1. The van der Waals surface area contributed by atoms with Crippen molar-refractivity contribution >= 4 is 29.4 Å². The Kier molecular flexibility index (Phi) is 6.51. The molecule has 2 aromatic heterocycles. The molecule has 1 aromatic carbocycles. The molecule has 0 atom stereocenters. The van der Waals surface area contributed by atoms with Crippen LogP contribution in [-0.2, 0) is 0 Å². The third-order valence-corrected chi connectivity index (χ3v) is 5.97. The summed E-state index contributed by atoms with van der Waals surface area (Å²) in [6, 6.07) is 9.04. The van der Waals surface area contributed by atoms with Gasteiger partial charge in [-0.2, -0.15) is 0 Å². The van der Waals surface area contributed by atoms with E-state index in [1.54, 1.807) is 29.4 Å². The average Bonchev–Trinajstić information content (AvgIpc) is 3.31. The lowest BCUT2D eigenvalue weighted by atomic mass is 10.0. The number of urea groups is 1. The van der Waals surface area contributed by atoms with Crippen LogP contribution < -0.4 is 10.6 Å². The van der Waals surface area contributed by atoms with Gasteiger partial charge >= 0.3 is 6.03 Å². The van der Waals surface area contributed by atoms with Crippen LogP contribution >= 0.6 is 11.8 Å². The van der Waals surface area contributed by atoms with Crippen molar-refractivity contribution < 1.29 is 14.0 Å². The molecule has 1 saturated heterocycles. The molecule has 1 fully saturated rings. The number of anilines is 1. The number of carbonyl (C=O) groups excluding carboxylic acids is 2. The van der Waals surface area contributed by atoms with Gasteiger partial charge in [0.25, 0.3) is 5.91 Å². The summed E-state index contributed by atoms with van der Waals surface area (Å²) in [6.07, 6.45) is 7.79. The van der Waals surface area contributed by atoms with E-state index in [0.29, 0.717) is 36.7 Å². The smallest absolute Gasteiger partial charge is 0.319 e. The van der Waals surface area contributed by atoms with Crippen LogP contribution in [0.15, 0.2) is 69.7 Å². The van der Waals surface area contributed by atoms with Crippen molar-refractivity contribution in [3.8, 4) is 0 Å². The molecule has 3 heterocycles. The van der Waals surface area contributed by atoms with Gasteiger partial charge in [-0.05, 0) is 67.4 Å². The highest BCUT2D eigenvalue weighted by Gasteiger charge is 2.25. The molecule has 0 aliphatic carbocycles. The Morgan fingerprint density at radius 3 is 2.61 bits per heavy atom. The van der Waals surface area contributed by atoms with E-state index >= 15 is 0 Å². The highest BCUT2D eigenvalue weighted by molar-refractivity contribution is 7.99. The lowest BCUT2D eigenvalue weighted by molar-refractivity contribution is 0.0708. The number of amides is 3. The second-order valence-corrected chi connectivity index (χ2v) is 8.33. The number of aromatic nitrogens is 2. The zero-order valence-corrected chi connectivity index (χ0v) is 17.9. The lowest BCUT2D eigenvalue weighted by Gasteiger charge is -2.32. The van der Waals surface area contributed by atoms with Gasteiger partial charge < -0.3 is 20.0 Å². The number of carbonyl (C=O) groups is 2. The van der Waals surface area contributed by atoms with Crippen molar-refractivity contribution in [1.29, 1.82) is 0 Å². The topological polar surface area (TPSA) is 100 Å². The Labute approximate surface area is 184 Å². The molecule has 9 heteroatoms. The molecule has 0 radical (unpaired) electrons. The molecule has 160 valence electrons. The molecule has 0 bridgehead atoms. The minimum atomic E-state index is -0.241. The number of rotatable bonds is 5. The fraction of sp³-hybridized carbons (Fsp3) is 0.273. The van der Waals surface area contributed by atoms with E-state index in [4.69, 9.17) is 4.42 Å². The van der Waals surface area contributed by atoms with E-state index < -0.39 is 0 Å². The largest absolute Gasteiger partial charge is 0.472 e. The monoisotopic (exact) mass is 437 g/mol. The molecule has 1 aliphatic rings. The van der Waals surface area contributed by atoms with Gasteiger partial charge in [0.1, 0.15) is 6.26 Å². The molecular weight excluding hydrogens is 414 g/mol. The molecule has 0 unspecified atom stereocenters. The number of benzene rings is 1. The number of likely N-dealkylation sites (tertiary alicyclic amines) is 1. The van der Waals surface area contributed by atoms with Crippen LogP contribution in [0.3, 0.4) is 0 Å². The maximum absolute atomic E-state index is 12.5.